The third kappa shape index (κ3) is 2.11. The molecule has 0 aliphatic rings. The van der Waals surface area contributed by atoms with Crippen molar-refractivity contribution in [2.24, 2.45) is 0 Å². The average molecular weight is 267 g/mol. The SMILES string of the molecule is Cc1cc(N)cc(-c2nc(-c3ncccn3)no2)c1C. The maximum absolute atomic E-state index is 5.87. The topological polar surface area (TPSA) is 90.7 Å². The molecule has 3 rings (SSSR count). The number of rotatable bonds is 2. The lowest BCUT2D eigenvalue weighted by molar-refractivity contribution is 0.431. The lowest BCUT2D eigenvalue weighted by Gasteiger charge is -2.06. The highest BCUT2D eigenvalue weighted by molar-refractivity contribution is 5.67. The maximum atomic E-state index is 5.87. The smallest absolute Gasteiger partial charge is 0.258 e. The molecular formula is C14H13N5O. The lowest BCUT2D eigenvalue weighted by atomic mass is 10.0. The number of hydrogen-bond donors (Lipinski definition) is 1. The van der Waals surface area contributed by atoms with E-state index < -0.39 is 0 Å². The monoisotopic (exact) mass is 267 g/mol. The van der Waals surface area contributed by atoms with E-state index in [1.165, 1.54) is 0 Å². The Hall–Kier alpha value is -2.76. The molecule has 0 amide bonds. The third-order valence-corrected chi connectivity index (χ3v) is 3.11. The molecule has 2 heterocycles. The summed E-state index contributed by atoms with van der Waals surface area (Å²) in [6.07, 6.45) is 3.27. The van der Waals surface area contributed by atoms with E-state index in [0.717, 1.165) is 16.7 Å². The van der Waals surface area contributed by atoms with Gasteiger partial charge in [-0.15, -0.1) is 0 Å². The van der Waals surface area contributed by atoms with Crippen LogP contribution in [0.15, 0.2) is 35.1 Å². The first-order valence-corrected chi connectivity index (χ1v) is 6.13. The van der Waals surface area contributed by atoms with Gasteiger partial charge in [0, 0.05) is 23.6 Å². The molecule has 0 aliphatic carbocycles. The number of nitrogens with zero attached hydrogens (tertiary/aromatic N) is 4. The molecule has 6 heteroatoms. The summed E-state index contributed by atoms with van der Waals surface area (Å²) in [4.78, 5) is 12.5. The van der Waals surface area contributed by atoms with Gasteiger partial charge in [0.2, 0.25) is 11.6 Å². The Labute approximate surface area is 115 Å². The zero-order valence-corrected chi connectivity index (χ0v) is 11.2. The van der Waals surface area contributed by atoms with Crippen LogP contribution in [0.1, 0.15) is 11.1 Å². The Balaban J connectivity index is 2.07. The van der Waals surface area contributed by atoms with Crippen LogP contribution in [0.4, 0.5) is 5.69 Å². The molecular weight excluding hydrogens is 254 g/mol. The van der Waals surface area contributed by atoms with E-state index in [-0.39, 0.29) is 0 Å². The van der Waals surface area contributed by atoms with Gasteiger partial charge < -0.3 is 10.3 Å². The number of aryl methyl sites for hydroxylation is 1. The van der Waals surface area contributed by atoms with E-state index in [0.29, 0.717) is 23.2 Å². The van der Waals surface area contributed by atoms with Crippen molar-refractivity contribution in [1.29, 1.82) is 0 Å². The van der Waals surface area contributed by atoms with Crippen LogP contribution >= 0.6 is 0 Å². The summed E-state index contributed by atoms with van der Waals surface area (Å²) in [7, 11) is 0. The fraction of sp³-hybridized carbons (Fsp3) is 0.143. The van der Waals surface area contributed by atoms with Crippen LogP contribution < -0.4 is 5.73 Å². The normalized spacial score (nSPS) is 10.7. The molecule has 20 heavy (non-hydrogen) atoms. The summed E-state index contributed by atoms with van der Waals surface area (Å²) < 4.78 is 5.30. The third-order valence-electron chi connectivity index (χ3n) is 3.11. The van der Waals surface area contributed by atoms with Gasteiger partial charge in [-0.05, 0) is 43.2 Å². The van der Waals surface area contributed by atoms with E-state index in [9.17, 15) is 0 Å². The van der Waals surface area contributed by atoms with Crippen molar-refractivity contribution >= 4 is 5.69 Å². The zero-order valence-electron chi connectivity index (χ0n) is 11.2. The van der Waals surface area contributed by atoms with E-state index in [2.05, 4.69) is 20.1 Å². The summed E-state index contributed by atoms with van der Waals surface area (Å²) in [5, 5.41) is 3.91. The van der Waals surface area contributed by atoms with Gasteiger partial charge in [-0.2, -0.15) is 4.98 Å². The van der Waals surface area contributed by atoms with Crippen molar-refractivity contribution in [3.8, 4) is 23.1 Å². The van der Waals surface area contributed by atoms with Crippen LogP contribution in [-0.2, 0) is 0 Å². The number of aromatic nitrogens is 4. The number of hydrogen-bond acceptors (Lipinski definition) is 6. The van der Waals surface area contributed by atoms with Crippen molar-refractivity contribution in [3.63, 3.8) is 0 Å². The summed E-state index contributed by atoms with van der Waals surface area (Å²) in [5.41, 5.74) is 9.50. The Bertz CT molecular complexity index is 752. The van der Waals surface area contributed by atoms with Gasteiger partial charge >= 0.3 is 0 Å². The second-order valence-electron chi connectivity index (χ2n) is 4.51. The Morgan fingerprint density at radius 3 is 2.55 bits per heavy atom. The highest BCUT2D eigenvalue weighted by Gasteiger charge is 2.15. The fourth-order valence-corrected chi connectivity index (χ4v) is 1.95. The predicted molar refractivity (Wildman–Crippen MR) is 74.6 cm³/mol. The summed E-state index contributed by atoms with van der Waals surface area (Å²) >= 11 is 0. The van der Waals surface area contributed by atoms with Crippen molar-refractivity contribution < 1.29 is 4.52 Å². The largest absolute Gasteiger partial charge is 0.399 e. The number of nitrogen functional groups attached to an aromatic ring is 1. The number of nitrogens with two attached hydrogens (primary N) is 1. The van der Waals surface area contributed by atoms with E-state index in [1.54, 1.807) is 18.5 Å². The highest BCUT2D eigenvalue weighted by atomic mass is 16.5. The minimum absolute atomic E-state index is 0.361. The summed E-state index contributed by atoms with van der Waals surface area (Å²) in [6, 6.07) is 5.47. The van der Waals surface area contributed by atoms with Crippen molar-refractivity contribution in [3.05, 3.63) is 41.7 Å². The molecule has 2 N–H and O–H groups in total. The van der Waals surface area contributed by atoms with Gasteiger partial charge in [0.15, 0.2) is 0 Å². The van der Waals surface area contributed by atoms with Crippen LogP contribution in [-0.4, -0.2) is 20.1 Å². The van der Waals surface area contributed by atoms with Gasteiger partial charge in [0.05, 0.1) is 0 Å². The quantitative estimate of drug-likeness (QED) is 0.717. The molecule has 0 bridgehead atoms. The number of benzene rings is 1. The van der Waals surface area contributed by atoms with Crippen LogP contribution in [0.5, 0.6) is 0 Å². The summed E-state index contributed by atoms with van der Waals surface area (Å²) in [5.74, 6) is 1.21. The number of anilines is 1. The maximum Gasteiger partial charge on any atom is 0.258 e. The van der Waals surface area contributed by atoms with E-state index >= 15 is 0 Å². The Morgan fingerprint density at radius 1 is 1.05 bits per heavy atom. The first-order chi connectivity index (χ1) is 9.65. The fourth-order valence-electron chi connectivity index (χ4n) is 1.95. The molecule has 3 aromatic rings. The molecule has 0 fully saturated rings. The minimum Gasteiger partial charge on any atom is -0.399 e. The van der Waals surface area contributed by atoms with E-state index in [1.807, 2.05) is 26.0 Å². The van der Waals surface area contributed by atoms with Crippen LogP contribution in [0.2, 0.25) is 0 Å². The average Bonchev–Trinajstić information content (AvgIpc) is 2.93. The Kier molecular flexibility index (Phi) is 2.90. The molecule has 0 unspecified atom stereocenters. The molecule has 6 nitrogen and oxygen atoms in total. The molecule has 100 valence electrons. The lowest BCUT2D eigenvalue weighted by Crippen LogP contribution is -1.93. The predicted octanol–water partition coefficient (Wildman–Crippen LogP) is 2.39. The highest BCUT2D eigenvalue weighted by Crippen LogP contribution is 2.28. The van der Waals surface area contributed by atoms with Gasteiger partial charge in [0.25, 0.3) is 5.89 Å². The molecule has 0 radical (unpaired) electrons. The molecule has 0 saturated carbocycles. The van der Waals surface area contributed by atoms with Gasteiger partial charge in [-0.1, -0.05) is 5.16 Å². The molecule has 2 aromatic heterocycles. The molecule has 0 saturated heterocycles. The standard InChI is InChI=1S/C14H13N5O/c1-8-6-10(15)7-11(9(8)2)14-18-13(19-20-14)12-16-4-3-5-17-12/h3-7H,15H2,1-2H3. The summed E-state index contributed by atoms with van der Waals surface area (Å²) in [6.45, 7) is 3.99. The first kappa shape index (κ1) is 12.3. The second-order valence-corrected chi connectivity index (χ2v) is 4.51. The second kappa shape index (κ2) is 4.73. The van der Waals surface area contributed by atoms with Crippen LogP contribution in [0.3, 0.4) is 0 Å². The van der Waals surface area contributed by atoms with Gasteiger partial charge in [-0.3, -0.25) is 0 Å². The van der Waals surface area contributed by atoms with Crippen LogP contribution in [0.25, 0.3) is 23.1 Å². The van der Waals surface area contributed by atoms with Crippen molar-refractivity contribution in [1.82, 2.24) is 20.1 Å². The Morgan fingerprint density at radius 2 is 1.80 bits per heavy atom. The zero-order chi connectivity index (χ0) is 14.1. The van der Waals surface area contributed by atoms with Crippen molar-refractivity contribution in [2.75, 3.05) is 5.73 Å². The van der Waals surface area contributed by atoms with Crippen molar-refractivity contribution in [2.45, 2.75) is 13.8 Å². The molecule has 0 atom stereocenters. The van der Waals surface area contributed by atoms with E-state index in [4.69, 9.17) is 10.3 Å². The minimum atomic E-state index is 0.361. The molecule has 0 spiro atoms. The molecule has 0 aliphatic heterocycles. The van der Waals surface area contributed by atoms with Gasteiger partial charge in [-0.25, -0.2) is 9.97 Å². The van der Waals surface area contributed by atoms with Crippen LogP contribution in [0, 0.1) is 13.8 Å². The van der Waals surface area contributed by atoms with Gasteiger partial charge in [0.1, 0.15) is 0 Å². The molecule has 1 aromatic carbocycles. The first-order valence-electron chi connectivity index (χ1n) is 6.13.